The third kappa shape index (κ3) is 2.89. The smallest absolute Gasteiger partial charge is 0.275 e. The molecule has 1 saturated heterocycles. The van der Waals surface area contributed by atoms with E-state index in [0.717, 1.165) is 0 Å². The van der Waals surface area contributed by atoms with Crippen molar-refractivity contribution in [3.8, 4) is 0 Å². The van der Waals surface area contributed by atoms with Crippen LogP contribution in [0.4, 0.5) is 0 Å². The van der Waals surface area contributed by atoms with Crippen molar-refractivity contribution in [3.05, 3.63) is 34.0 Å². The molecule has 20 heavy (non-hydrogen) atoms. The van der Waals surface area contributed by atoms with Crippen molar-refractivity contribution in [1.82, 2.24) is 0 Å². The zero-order valence-corrected chi connectivity index (χ0v) is 10.8. The molecule has 0 unspecified atom stereocenters. The van der Waals surface area contributed by atoms with Gasteiger partial charge in [0, 0.05) is 12.5 Å². The Kier molecular flexibility index (Phi) is 4.51. The molecule has 2 aliphatic rings. The van der Waals surface area contributed by atoms with Crippen molar-refractivity contribution in [2.45, 2.75) is 50.2 Å². The lowest BCUT2D eigenvalue weighted by molar-refractivity contribution is -0.442. The second-order valence-corrected chi connectivity index (χ2v) is 4.82. The fourth-order valence-electron chi connectivity index (χ4n) is 2.19. The maximum Gasteiger partial charge on any atom is 0.275 e. The zero-order valence-electron chi connectivity index (χ0n) is 10.8. The summed E-state index contributed by atoms with van der Waals surface area (Å²) < 4.78 is 10.7. The van der Waals surface area contributed by atoms with Gasteiger partial charge in [0.2, 0.25) is 0 Å². The summed E-state index contributed by atoms with van der Waals surface area (Å²) in [5.41, 5.74) is -0.142. The highest BCUT2D eigenvalue weighted by Gasteiger charge is 2.44. The molecule has 8 nitrogen and oxygen atoms in total. The maximum atomic E-state index is 10.9. The van der Waals surface area contributed by atoms with Crippen molar-refractivity contribution in [2.24, 2.45) is 0 Å². The predicted octanol–water partition coefficient (Wildman–Crippen LogP) is -0.680. The lowest BCUT2D eigenvalue weighted by Crippen LogP contribution is -2.58. The molecule has 0 aromatic rings. The van der Waals surface area contributed by atoms with Crippen LogP contribution in [0.2, 0.25) is 0 Å². The van der Waals surface area contributed by atoms with Crippen LogP contribution in [-0.4, -0.2) is 57.1 Å². The molecule has 1 aliphatic carbocycles. The van der Waals surface area contributed by atoms with E-state index < -0.39 is 41.7 Å². The van der Waals surface area contributed by atoms with Gasteiger partial charge in [-0.2, -0.15) is 0 Å². The van der Waals surface area contributed by atoms with E-state index in [0.29, 0.717) is 0 Å². The molecule has 2 rings (SSSR count). The summed E-state index contributed by atoms with van der Waals surface area (Å²) in [6.45, 7) is 1.52. The molecule has 1 aliphatic heterocycles. The molecule has 1 fully saturated rings. The molecule has 1 heterocycles. The van der Waals surface area contributed by atoms with Gasteiger partial charge >= 0.3 is 0 Å². The van der Waals surface area contributed by atoms with Crippen LogP contribution in [0, 0.1) is 10.1 Å². The van der Waals surface area contributed by atoms with E-state index in [-0.39, 0.29) is 12.1 Å². The summed E-state index contributed by atoms with van der Waals surface area (Å²) in [7, 11) is 0. The average molecular weight is 287 g/mol. The summed E-state index contributed by atoms with van der Waals surface area (Å²) in [6, 6.07) is 0. The second-order valence-electron chi connectivity index (χ2n) is 4.82. The van der Waals surface area contributed by atoms with Gasteiger partial charge in [-0.05, 0) is 6.92 Å². The summed E-state index contributed by atoms with van der Waals surface area (Å²) in [4.78, 5) is 10.3. The monoisotopic (exact) mass is 287 g/mol. The van der Waals surface area contributed by atoms with E-state index in [1.807, 2.05) is 0 Å². The summed E-state index contributed by atoms with van der Waals surface area (Å²) in [5.74, 6) is 0. The number of rotatable bonds is 3. The topological polar surface area (TPSA) is 122 Å². The molecule has 0 amide bonds. The second kappa shape index (κ2) is 5.98. The Bertz CT molecular complexity index is 436. The van der Waals surface area contributed by atoms with Crippen molar-refractivity contribution in [1.29, 1.82) is 0 Å². The summed E-state index contributed by atoms with van der Waals surface area (Å²) in [6.07, 6.45) is -2.15. The highest BCUT2D eigenvalue weighted by Crippen LogP contribution is 2.26. The van der Waals surface area contributed by atoms with Gasteiger partial charge in [0.15, 0.2) is 12.4 Å². The molecular formula is C12H17NO7. The third-order valence-electron chi connectivity index (χ3n) is 3.40. The Morgan fingerprint density at radius 3 is 2.70 bits per heavy atom. The number of hydrogen-bond donors (Lipinski definition) is 3. The summed E-state index contributed by atoms with van der Waals surface area (Å²) >= 11 is 0. The molecule has 0 radical (unpaired) electrons. The van der Waals surface area contributed by atoms with Crippen molar-refractivity contribution in [3.63, 3.8) is 0 Å². The van der Waals surface area contributed by atoms with Crippen molar-refractivity contribution >= 4 is 0 Å². The molecule has 8 heteroatoms. The minimum absolute atomic E-state index is 0.142. The van der Waals surface area contributed by atoms with Crippen LogP contribution in [-0.2, 0) is 9.47 Å². The number of aliphatic hydroxyl groups is 3. The van der Waals surface area contributed by atoms with E-state index >= 15 is 0 Å². The third-order valence-corrected chi connectivity index (χ3v) is 3.40. The molecule has 6 atom stereocenters. The maximum absolute atomic E-state index is 10.9. The predicted molar refractivity (Wildman–Crippen MR) is 66.1 cm³/mol. The van der Waals surface area contributed by atoms with Crippen LogP contribution in [0.1, 0.15) is 13.3 Å². The van der Waals surface area contributed by atoms with Crippen molar-refractivity contribution < 1.29 is 29.7 Å². The fraction of sp³-hybridized carbons (Fsp3) is 0.667. The largest absolute Gasteiger partial charge is 0.388 e. The number of hydrogen-bond acceptors (Lipinski definition) is 7. The van der Waals surface area contributed by atoms with Crippen LogP contribution >= 0.6 is 0 Å². The van der Waals surface area contributed by atoms with Gasteiger partial charge < -0.3 is 24.8 Å². The SMILES string of the molecule is C[C@H]1O[C@@H](O[C@@H]2CC=CC=C2[N+](=O)[O-])[C@H](O)[C@@H](O)[C@H]1O. The van der Waals surface area contributed by atoms with Gasteiger partial charge in [-0.1, -0.05) is 12.2 Å². The van der Waals surface area contributed by atoms with E-state index in [4.69, 9.17) is 9.47 Å². The number of allylic oxidation sites excluding steroid dienone is 2. The summed E-state index contributed by atoms with van der Waals surface area (Å²) in [5, 5.41) is 39.9. The van der Waals surface area contributed by atoms with Gasteiger partial charge in [-0.15, -0.1) is 0 Å². The lowest BCUT2D eigenvalue weighted by atomic mass is 9.99. The highest BCUT2D eigenvalue weighted by atomic mass is 16.7. The van der Waals surface area contributed by atoms with Crippen LogP contribution < -0.4 is 0 Å². The standard InChI is InChI=1S/C12H17NO7/c1-6-9(14)10(15)11(16)12(19-6)20-8-5-3-2-4-7(8)13(17)18/h2-4,6,8-12,14-16H,5H2,1H3/t6-,8-,9+,10+,11-,12+/m1/s1. The Labute approximate surface area is 115 Å². The Balaban J connectivity index is 2.07. The van der Waals surface area contributed by atoms with Crippen molar-refractivity contribution in [2.75, 3.05) is 0 Å². The molecule has 112 valence electrons. The lowest BCUT2D eigenvalue weighted by Gasteiger charge is -2.39. The normalized spacial score (nSPS) is 41.3. The Morgan fingerprint density at radius 2 is 2.05 bits per heavy atom. The molecule has 3 N–H and O–H groups in total. The minimum Gasteiger partial charge on any atom is -0.388 e. The van der Waals surface area contributed by atoms with Crippen LogP contribution in [0.3, 0.4) is 0 Å². The number of ether oxygens (including phenoxy) is 2. The van der Waals surface area contributed by atoms with E-state index in [1.54, 1.807) is 12.2 Å². The Hall–Kier alpha value is -1.32. The average Bonchev–Trinajstić information content (AvgIpc) is 2.43. The molecular weight excluding hydrogens is 270 g/mol. The van der Waals surface area contributed by atoms with Gasteiger partial charge in [-0.25, -0.2) is 0 Å². The molecule has 0 aromatic carbocycles. The van der Waals surface area contributed by atoms with Gasteiger partial charge in [-0.3, -0.25) is 10.1 Å². The van der Waals surface area contributed by atoms with Crippen LogP contribution in [0.15, 0.2) is 23.9 Å². The van der Waals surface area contributed by atoms with Gasteiger partial charge in [0.1, 0.15) is 18.3 Å². The molecule has 0 spiro atoms. The van der Waals surface area contributed by atoms with E-state index in [1.165, 1.54) is 13.0 Å². The Morgan fingerprint density at radius 1 is 1.35 bits per heavy atom. The van der Waals surface area contributed by atoms with E-state index in [2.05, 4.69) is 0 Å². The molecule has 0 saturated carbocycles. The quantitative estimate of drug-likeness (QED) is 0.464. The van der Waals surface area contributed by atoms with E-state index in [9.17, 15) is 25.4 Å². The van der Waals surface area contributed by atoms with Gasteiger partial charge in [0.25, 0.3) is 5.70 Å². The van der Waals surface area contributed by atoms with Crippen LogP contribution in [0.25, 0.3) is 0 Å². The number of aliphatic hydroxyl groups excluding tert-OH is 3. The number of nitrogens with zero attached hydrogens (tertiary/aromatic N) is 1. The van der Waals surface area contributed by atoms with Crippen LogP contribution in [0.5, 0.6) is 0 Å². The first-order chi connectivity index (χ1) is 9.41. The first kappa shape index (κ1) is 15.1. The number of nitro groups is 1. The van der Waals surface area contributed by atoms with Gasteiger partial charge in [0.05, 0.1) is 11.0 Å². The molecule has 0 aromatic heterocycles. The fourth-order valence-corrected chi connectivity index (χ4v) is 2.19. The zero-order chi connectivity index (χ0) is 14.9. The highest BCUT2D eigenvalue weighted by molar-refractivity contribution is 5.17. The minimum atomic E-state index is -1.47. The first-order valence-corrected chi connectivity index (χ1v) is 6.28. The first-order valence-electron chi connectivity index (χ1n) is 6.28. The molecule has 0 bridgehead atoms.